The average Bonchev–Trinajstić information content (AvgIpc) is 3.06. The molecule has 1 N–H and O–H groups in total. The fourth-order valence-corrected chi connectivity index (χ4v) is 4.18. The first-order valence-electron chi connectivity index (χ1n) is 8.71. The monoisotopic (exact) mass is 378 g/mol. The van der Waals surface area contributed by atoms with Gasteiger partial charge < -0.3 is 5.32 Å². The van der Waals surface area contributed by atoms with E-state index in [4.69, 9.17) is 0 Å². The second kappa shape index (κ2) is 6.92. The van der Waals surface area contributed by atoms with Gasteiger partial charge in [-0.2, -0.15) is 0 Å². The third-order valence-corrected chi connectivity index (χ3v) is 5.70. The summed E-state index contributed by atoms with van der Waals surface area (Å²) in [5.41, 5.74) is 2.14. The molecule has 27 heavy (non-hydrogen) atoms. The van der Waals surface area contributed by atoms with Crippen molar-refractivity contribution in [3.63, 3.8) is 0 Å². The zero-order valence-corrected chi connectivity index (χ0v) is 15.8. The van der Waals surface area contributed by atoms with Crippen molar-refractivity contribution in [3.8, 4) is 0 Å². The van der Waals surface area contributed by atoms with Gasteiger partial charge in [-0.1, -0.05) is 25.1 Å². The summed E-state index contributed by atoms with van der Waals surface area (Å²) in [4.78, 5) is 35.4. The number of aryl methyl sites for hydroxylation is 1. The van der Waals surface area contributed by atoms with Gasteiger partial charge in [0.2, 0.25) is 5.91 Å². The summed E-state index contributed by atoms with van der Waals surface area (Å²) >= 11 is 1.31. The highest BCUT2D eigenvalue weighted by Crippen LogP contribution is 2.28. The molecule has 7 heteroatoms. The normalized spacial score (nSPS) is 12.4. The summed E-state index contributed by atoms with van der Waals surface area (Å²) in [5, 5.41) is 3.79. The molecule has 4 aromatic rings. The van der Waals surface area contributed by atoms with Crippen molar-refractivity contribution in [1.29, 1.82) is 0 Å². The number of carbonyl (C=O) groups excluding carboxylic acids is 1. The molecule has 0 aliphatic heterocycles. The number of hydrogen-bond donors (Lipinski definition) is 1. The van der Waals surface area contributed by atoms with Crippen LogP contribution in [0.3, 0.4) is 0 Å². The molecule has 1 atom stereocenters. The van der Waals surface area contributed by atoms with Crippen LogP contribution in [0.1, 0.15) is 24.9 Å². The van der Waals surface area contributed by atoms with Crippen LogP contribution in [0.4, 0.5) is 5.69 Å². The summed E-state index contributed by atoms with van der Waals surface area (Å²) in [6.07, 6.45) is 3.64. The van der Waals surface area contributed by atoms with Gasteiger partial charge in [0.15, 0.2) is 0 Å². The second-order valence-corrected chi connectivity index (χ2v) is 7.32. The van der Waals surface area contributed by atoms with Gasteiger partial charge >= 0.3 is 0 Å². The van der Waals surface area contributed by atoms with Gasteiger partial charge in [-0.15, -0.1) is 11.3 Å². The second-order valence-electron chi connectivity index (χ2n) is 6.32. The van der Waals surface area contributed by atoms with E-state index in [1.807, 2.05) is 50.2 Å². The highest BCUT2D eigenvalue weighted by Gasteiger charge is 2.22. The molecule has 0 radical (unpaired) electrons. The lowest BCUT2D eigenvalue weighted by molar-refractivity contribution is -0.119. The van der Waals surface area contributed by atoms with E-state index in [9.17, 15) is 9.59 Å². The minimum atomic E-state index is -0.632. The van der Waals surface area contributed by atoms with E-state index in [1.54, 1.807) is 6.20 Å². The number of nitrogens with zero attached hydrogens (tertiary/aromatic N) is 3. The van der Waals surface area contributed by atoms with Crippen LogP contribution in [0.25, 0.3) is 20.4 Å². The number of benzene rings is 1. The van der Waals surface area contributed by atoms with Crippen molar-refractivity contribution in [1.82, 2.24) is 14.5 Å². The number of aromatic nitrogens is 3. The zero-order chi connectivity index (χ0) is 19.0. The topological polar surface area (TPSA) is 76.9 Å². The maximum absolute atomic E-state index is 13.0. The van der Waals surface area contributed by atoms with Gasteiger partial charge in [0, 0.05) is 17.3 Å². The molecular formula is C20H18N4O2S. The van der Waals surface area contributed by atoms with Gasteiger partial charge in [-0.3, -0.25) is 14.2 Å². The van der Waals surface area contributed by atoms with Crippen LogP contribution in [-0.4, -0.2) is 20.4 Å². The van der Waals surface area contributed by atoms with Crippen LogP contribution in [0.15, 0.2) is 53.7 Å². The van der Waals surface area contributed by atoms with Crippen LogP contribution >= 0.6 is 11.3 Å². The molecule has 0 bridgehead atoms. The largest absolute Gasteiger partial charge is 0.324 e. The summed E-state index contributed by atoms with van der Waals surface area (Å²) in [7, 11) is 0. The Morgan fingerprint density at radius 3 is 2.81 bits per heavy atom. The molecule has 136 valence electrons. The van der Waals surface area contributed by atoms with E-state index in [1.165, 1.54) is 22.2 Å². The predicted octanol–water partition coefficient (Wildman–Crippen LogP) is 3.90. The van der Waals surface area contributed by atoms with E-state index in [0.717, 1.165) is 21.5 Å². The van der Waals surface area contributed by atoms with Crippen molar-refractivity contribution in [2.45, 2.75) is 26.3 Å². The molecule has 6 nitrogen and oxygen atoms in total. The lowest BCUT2D eigenvalue weighted by Crippen LogP contribution is -2.33. The fraction of sp³-hybridized carbons (Fsp3) is 0.200. The van der Waals surface area contributed by atoms with Crippen molar-refractivity contribution in [2.24, 2.45) is 0 Å². The van der Waals surface area contributed by atoms with Gasteiger partial charge in [0.1, 0.15) is 15.6 Å². The zero-order valence-electron chi connectivity index (χ0n) is 15.0. The maximum atomic E-state index is 13.0. The third kappa shape index (κ3) is 3.00. The lowest BCUT2D eigenvalue weighted by Gasteiger charge is -2.18. The molecule has 0 aliphatic rings. The molecule has 4 rings (SSSR count). The molecule has 0 saturated heterocycles. The summed E-state index contributed by atoms with van der Waals surface area (Å²) in [6, 6.07) is 10.7. The predicted molar refractivity (Wildman–Crippen MR) is 108 cm³/mol. The molecular weight excluding hydrogens is 360 g/mol. The maximum Gasteiger partial charge on any atom is 0.272 e. The molecule has 1 unspecified atom stereocenters. The Labute approximate surface area is 159 Å². The average molecular weight is 378 g/mol. The lowest BCUT2D eigenvalue weighted by atomic mass is 10.1. The number of pyridine rings is 1. The molecule has 3 aromatic heterocycles. The Morgan fingerprint density at radius 1 is 1.22 bits per heavy atom. The summed E-state index contributed by atoms with van der Waals surface area (Å²) in [6.45, 7) is 3.81. The van der Waals surface area contributed by atoms with Crippen molar-refractivity contribution in [3.05, 3.63) is 64.8 Å². The molecule has 3 heterocycles. The van der Waals surface area contributed by atoms with Crippen molar-refractivity contribution >= 4 is 43.4 Å². The van der Waals surface area contributed by atoms with E-state index < -0.39 is 6.04 Å². The Morgan fingerprint density at radius 2 is 2.04 bits per heavy atom. The summed E-state index contributed by atoms with van der Waals surface area (Å²) < 4.78 is 1.94. The molecule has 1 aromatic carbocycles. The number of carbonyl (C=O) groups is 1. The smallest absolute Gasteiger partial charge is 0.272 e. The Kier molecular flexibility index (Phi) is 4.45. The van der Waals surface area contributed by atoms with E-state index in [2.05, 4.69) is 15.3 Å². The highest BCUT2D eigenvalue weighted by atomic mass is 32.1. The van der Waals surface area contributed by atoms with E-state index in [-0.39, 0.29) is 11.5 Å². The van der Waals surface area contributed by atoms with Crippen molar-refractivity contribution in [2.75, 3.05) is 5.32 Å². The fourth-order valence-electron chi connectivity index (χ4n) is 3.14. The standard InChI is InChI=1S/C20H18N4O2S/c1-3-15(18(25)23-14-9-5-4-7-12(14)2)24-11-22-16-13-8-6-10-21-19(13)27-17(16)20(24)26/h4-11,15H,3H2,1-2H3,(H,23,25). The van der Waals surface area contributed by atoms with E-state index in [0.29, 0.717) is 16.6 Å². The van der Waals surface area contributed by atoms with Crippen LogP contribution < -0.4 is 10.9 Å². The molecule has 1 amide bonds. The minimum absolute atomic E-state index is 0.213. The van der Waals surface area contributed by atoms with Crippen LogP contribution in [-0.2, 0) is 4.79 Å². The van der Waals surface area contributed by atoms with Crippen LogP contribution in [0.2, 0.25) is 0 Å². The van der Waals surface area contributed by atoms with Gasteiger partial charge in [-0.05, 0) is 37.1 Å². The SMILES string of the molecule is CCC(C(=O)Nc1ccccc1C)n1cnc2c(sc3ncccc32)c1=O. The van der Waals surface area contributed by atoms with Crippen LogP contribution in [0.5, 0.6) is 0 Å². The minimum Gasteiger partial charge on any atom is -0.324 e. The van der Waals surface area contributed by atoms with Gasteiger partial charge in [0.25, 0.3) is 5.56 Å². The van der Waals surface area contributed by atoms with Crippen LogP contribution in [0, 0.1) is 6.92 Å². The first-order valence-corrected chi connectivity index (χ1v) is 9.52. The first kappa shape index (κ1) is 17.4. The van der Waals surface area contributed by atoms with Gasteiger partial charge in [0.05, 0.1) is 11.8 Å². The molecule has 0 fully saturated rings. The Balaban J connectivity index is 1.76. The number of thiophene rings is 1. The first-order chi connectivity index (χ1) is 13.1. The van der Waals surface area contributed by atoms with Gasteiger partial charge in [-0.25, -0.2) is 9.97 Å². The number of nitrogens with one attached hydrogen (secondary N) is 1. The van der Waals surface area contributed by atoms with E-state index >= 15 is 0 Å². The Bertz CT molecular complexity index is 1210. The van der Waals surface area contributed by atoms with Crippen molar-refractivity contribution < 1.29 is 4.79 Å². The number of rotatable bonds is 4. The molecule has 0 saturated carbocycles. The number of para-hydroxylation sites is 1. The molecule has 0 spiro atoms. The number of amides is 1. The summed E-state index contributed by atoms with van der Waals surface area (Å²) in [5.74, 6) is -0.228. The third-order valence-electron chi connectivity index (χ3n) is 4.61. The number of hydrogen-bond acceptors (Lipinski definition) is 5. The number of anilines is 1. The Hall–Kier alpha value is -3.06. The number of fused-ring (bicyclic) bond motifs is 3. The molecule has 0 aliphatic carbocycles. The highest BCUT2D eigenvalue weighted by molar-refractivity contribution is 7.25. The quantitative estimate of drug-likeness (QED) is 0.584.